The van der Waals surface area contributed by atoms with Gasteiger partial charge in [0, 0.05) is 5.56 Å². The lowest BCUT2D eigenvalue weighted by Gasteiger charge is -2.31. The van der Waals surface area contributed by atoms with Gasteiger partial charge in [-0.1, -0.05) is 0 Å². The molecular formula is C12H18N4O4. The number of hydrogen-bond acceptors (Lipinski definition) is 7. The summed E-state index contributed by atoms with van der Waals surface area (Å²) < 4.78 is 5.34. The third-order valence-corrected chi connectivity index (χ3v) is 3.23. The molecule has 1 aliphatic rings. The Hall–Kier alpha value is -1.90. The summed E-state index contributed by atoms with van der Waals surface area (Å²) in [5, 5.41) is 24.0. The number of ether oxygens (including phenoxy) is 1. The zero-order chi connectivity index (χ0) is 14.7. The van der Waals surface area contributed by atoms with Crippen molar-refractivity contribution in [2.24, 2.45) is 5.73 Å². The lowest BCUT2D eigenvalue weighted by Crippen LogP contribution is -2.40. The van der Waals surface area contributed by atoms with Crippen molar-refractivity contribution in [2.75, 3.05) is 25.4 Å². The Morgan fingerprint density at radius 2 is 2.30 bits per heavy atom. The summed E-state index contributed by atoms with van der Waals surface area (Å²) in [5.41, 5.74) is 11.6. The summed E-state index contributed by atoms with van der Waals surface area (Å²) in [5.74, 6) is 0.376. The molecule has 1 aromatic carbocycles. The number of aliphatic hydroxyl groups is 1. The number of nitrogen functional groups attached to an aromatic ring is 1. The second-order valence-electron chi connectivity index (χ2n) is 4.66. The number of nitrogens with two attached hydrogens (primary N) is 2. The standard InChI is InChI=1S/C12H18N4O4/c13-2-1-3-15-12-7-4-8(14)9(16(18)19)5-11(7)20-6-10(12)17/h4-5,10,12,15,17H,1-3,6,13-14H2. The molecular weight excluding hydrogens is 264 g/mol. The molecule has 0 saturated heterocycles. The van der Waals surface area contributed by atoms with E-state index in [2.05, 4.69) is 5.32 Å². The van der Waals surface area contributed by atoms with Gasteiger partial charge in [0.1, 0.15) is 24.1 Å². The van der Waals surface area contributed by atoms with Crippen molar-refractivity contribution in [1.82, 2.24) is 5.32 Å². The van der Waals surface area contributed by atoms with Gasteiger partial charge in [-0.05, 0) is 25.6 Å². The monoisotopic (exact) mass is 282 g/mol. The van der Waals surface area contributed by atoms with Crippen LogP contribution in [0.2, 0.25) is 0 Å². The number of anilines is 1. The Morgan fingerprint density at radius 1 is 1.55 bits per heavy atom. The first-order valence-electron chi connectivity index (χ1n) is 6.36. The van der Waals surface area contributed by atoms with E-state index in [-0.39, 0.29) is 24.0 Å². The predicted octanol–water partition coefficient (Wildman–Crippen LogP) is -0.0902. The number of nitrogens with one attached hydrogen (secondary N) is 1. The fraction of sp³-hybridized carbons (Fsp3) is 0.500. The highest BCUT2D eigenvalue weighted by molar-refractivity contribution is 5.64. The van der Waals surface area contributed by atoms with E-state index in [1.807, 2.05) is 0 Å². The molecule has 0 aliphatic carbocycles. The van der Waals surface area contributed by atoms with Gasteiger partial charge in [0.2, 0.25) is 0 Å². The topological polar surface area (TPSA) is 137 Å². The SMILES string of the molecule is NCCCNC1c2cc(N)c([N+](=O)[O-])cc2OCC1O. The molecule has 1 aliphatic heterocycles. The molecule has 1 heterocycles. The smallest absolute Gasteiger partial charge is 0.295 e. The minimum Gasteiger partial charge on any atom is -0.490 e. The molecule has 0 spiro atoms. The molecule has 6 N–H and O–H groups in total. The molecule has 2 unspecified atom stereocenters. The van der Waals surface area contributed by atoms with Crippen LogP contribution in [0.1, 0.15) is 18.0 Å². The van der Waals surface area contributed by atoms with Crippen molar-refractivity contribution in [3.63, 3.8) is 0 Å². The van der Waals surface area contributed by atoms with E-state index in [0.717, 1.165) is 6.42 Å². The van der Waals surface area contributed by atoms with E-state index in [1.165, 1.54) is 12.1 Å². The summed E-state index contributed by atoms with van der Waals surface area (Å²) in [4.78, 5) is 10.3. The fourth-order valence-electron chi connectivity index (χ4n) is 2.21. The summed E-state index contributed by atoms with van der Waals surface area (Å²) in [7, 11) is 0. The van der Waals surface area contributed by atoms with Gasteiger partial charge in [-0.3, -0.25) is 10.1 Å². The van der Waals surface area contributed by atoms with Crippen LogP contribution in [0.3, 0.4) is 0 Å². The fourth-order valence-corrected chi connectivity index (χ4v) is 2.21. The molecule has 1 aromatic rings. The van der Waals surface area contributed by atoms with E-state index in [1.54, 1.807) is 0 Å². The van der Waals surface area contributed by atoms with Gasteiger partial charge in [0.05, 0.1) is 17.0 Å². The summed E-state index contributed by atoms with van der Waals surface area (Å²) in [6.45, 7) is 1.25. The van der Waals surface area contributed by atoms with Crippen LogP contribution >= 0.6 is 0 Å². The van der Waals surface area contributed by atoms with E-state index in [0.29, 0.717) is 24.4 Å². The quantitative estimate of drug-likeness (QED) is 0.256. The average molecular weight is 282 g/mol. The number of nitro groups is 1. The number of aliphatic hydroxyl groups excluding tert-OH is 1. The van der Waals surface area contributed by atoms with Gasteiger partial charge in [-0.25, -0.2) is 0 Å². The Labute approximate surface area is 115 Å². The Kier molecular flexibility index (Phi) is 4.38. The van der Waals surface area contributed by atoms with Crippen molar-refractivity contribution in [2.45, 2.75) is 18.6 Å². The molecule has 20 heavy (non-hydrogen) atoms. The number of hydrogen-bond donors (Lipinski definition) is 4. The van der Waals surface area contributed by atoms with Crippen molar-refractivity contribution >= 4 is 11.4 Å². The van der Waals surface area contributed by atoms with Crippen molar-refractivity contribution in [1.29, 1.82) is 0 Å². The minimum absolute atomic E-state index is 0.0528. The summed E-state index contributed by atoms with van der Waals surface area (Å²) in [6, 6.07) is 2.41. The second kappa shape index (κ2) is 6.04. The summed E-state index contributed by atoms with van der Waals surface area (Å²) in [6.07, 6.45) is 0.0307. The van der Waals surface area contributed by atoms with E-state index < -0.39 is 11.0 Å². The van der Waals surface area contributed by atoms with Gasteiger partial charge in [-0.15, -0.1) is 0 Å². The number of nitrogens with zero attached hydrogens (tertiary/aromatic N) is 1. The van der Waals surface area contributed by atoms with Gasteiger partial charge in [-0.2, -0.15) is 0 Å². The first-order chi connectivity index (χ1) is 9.54. The average Bonchev–Trinajstić information content (AvgIpc) is 2.40. The maximum Gasteiger partial charge on any atom is 0.295 e. The summed E-state index contributed by atoms with van der Waals surface area (Å²) >= 11 is 0. The first-order valence-corrected chi connectivity index (χ1v) is 6.36. The number of rotatable bonds is 5. The van der Waals surface area contributed by atoms with Crippen LogP contribution < -0.4 is 21.5 Å². The second-order valence-corrected chi connectivity index (χ2v) is 4.66. The van der Waals surface area contributed by atoms with E-state index in [4.69, 9.17) is 16.2 Å². The Bertz CT molecular complexity index is 508. The van der Waals surface area contributed by atoms with E-state index in [9.17, 15) is 15.2 Å². The molecule has 8 nitrogen and oxygen atoms in total. The number of nitro benzene ring substituents is 1. The molecule has 0 aromatic heterocycles. The Balaban J connectivity index is 2.30. The van der Waals surface area contributed by atoms with Crippen molar-refractivity contribution in [3.8, 4) is 5.75 Å². The van der Waals surface area contributed by atoms with Crippen LogP contribution in [0, 0.1) is 10.1 Å². The highest BCUT2D eigenvalue weighted by Crippen LogP contribution is 2.38. The van der Waals surface area contributed by atoms with Gasteiger partial charge >= 0.3 is 0 Å². The number of benzene rings is 1. The highest BCUT2D eigenvalue weighted by Gasteiger charge is 2.31. The molecule has 110 valence electrons. The Morgan fingerprint density at radius 3 is 2.95 bits per heavy atom. The zero-order valence-corrected chi connectivity index (χ0v) is 10.9. The maximum absolute atomic E-state index is 10.9. The number of fused-ring (bicyclic) bond motifs is 1. The van der Waals surface area contributed by atoms with Gasteiger partial charge in [0.15, 0.2) is 0 Å². The van der Waals surface area contributed by atoms with Gasteiger partial charge in [0.25, 0.3) is 5.69 Å². The zero-order valence-electron chi connectivity index (χ0n) is 10.9. The first kappa shape index (κ1) is 14.5. The van der Waals surface area contributed by atoms with Crippen LogP contribution in [0.25, 0.3) is 0 Å². The molecule has 0 amide bonds. The predicted molar refractivity (Wildman–Crippen MR) is 73.4 cm³/mol. The highest BCUT2D eigenvalue weighted by atomic mass is 16.6. The van der Waals surface area contributed by atoms with Crippen LogP contribution in [0.5, 0.6) is 5.75 Å². The largest absolute Gasteiger partial charge is 0.490 e. The van der Waals surface area contributed by atoms with Crippen LogP contribution in [0.15, 0.2) is 12.1 Å². The molecule has 8 heteroatoms. The lowest BCUT2D eigenvalue weighted by molar-refractivity contribution is -0.384. The van der Waals surface area contributed by atoms with Crippen molar-refractivity contribution < 1.29 is 14.8 Å². The molecule has 0 saturated carbocycles. The molecule has 2 atom stereocenters. The molecule has 0 fully saturated rings. The van der Waals surface area contributed by atoms with E-state index >= 15 is 0 Å². The van der Waals surface area contributed by atoms with Crippen LogP contribution in [0.4, 0.5) is 11.4 Å². The maximum atomic E-state index is 10.9. The van der Waals surface area contributed by atoms with Crippen LogP contribution in [-0.2, 0) is 0 Å². The lowest BCUT2D eigenvalue weighted by atomic mass is 9.97. The molecule has 2 rings (SSSR count). The van der Waals surface area contributed by atoms with Gasteiger partial charge < -0.3 is 26.6 Å². The third-order valence-electron chi connectivity index (χ3n) is 3.23. The van der Waals surface area contributed by atoms with Crippen molar-refractivity contribution in [3.05, 3.63) is 27.8 Å². The van der Waals surface area contributed by atoms with Crippen LogP contribution in [-0.4, -0.2) is 35.8 Å². The third kappa shape index (κ3) is 2.82. The molecule has 0 radical (unpaired) electrons. The molecule has 0 bridgehead atoms. The minimum atomic E-state index is -0.735. The normalized spacial score (nSPS) is 21.1.